The minimum Gasteiger partial charge on any atom is -0.480 e. The highest BCUT2D eigenvalue weighted by Gasteiger charge is 2.16. The fraction of sp³-hybridized carbons (Fsp3) is 0.565. The van der Waals surface area contributed by atoms with Crippen LogP contribution in [-0.4, -0.2) is 104 Å². The molecule has 1 rings (SSSR count). The van der Waals surface area contributed by atoms with E-state index in [0.29, 0.717) is 19.3 Å². The van der Waals surface area contributed by atoms with E-state index in [1.165, 1.54) is 6.92 Å². The molecule has 220 valence electrons. The molecule has 1 aromatic rings. The van der Waals surface area contributed by atoms with Crippen LogP contribution in [-0.2, 0) is 25.6 Å². The molecule has 38 heavy (non-hydrogen) atoms. The highest BCUT2D eigenvalue weighted by molar-refractivity contribution is 7.98. The third-order valence-electron chi connectivity index (χ3n) is 4.32. The summed E-state index contributed by atoms with van der Waals surface area (Å²) in [5.74, 6) is -2.34. The van der Waals surface area contributed by atoms with E-state index in [-0.39, 0.29) is 0 Å². The maximum absolute atomic E-state index is 10.4. The number of nitrogens with two attached hydrogens (primary N) is 4. The Labute approximate surface area is 231 Å². The van der Waals surface area contributed by atoms with Gasteiger partial charge in [0.2, 0.25) is 0 Å². The smallest absolute Gasteiger partial charge is 0.323 e. The largest absolute Gasteiger partial charge is 0.480 e. The van der Waals surface area contributed by atoms with E-state index in [1.807, 2.05) is 42.8 Å². The van der Waals surface area contributed by atoms with Gasteiger partial charge in [0.25, 0.3) is 0 Å². The Morgan fingerprint density at radius 3 is 1.32 bits per heavy atom. The van der Waals surface area contributed by atoms with Gasteiger partial charge in [-0.1, -0.05) is 30.3 Å². The van der Waals surface area contributed by atoms with Gasteiger partial charge in [-0.15, -0.1) is 0 Å². The molecule has 0 bridgehead atoms. The van der Waals surface area contributed by atoms with Gasteiger partial charge in [-0.3, -0.25) is 19.2 Å². The summed E-state index contributed by atoms with van der Waals surface area (Å²) in [6, 6.07) is 6.02. The first-order chi connectivity index (χ1) is 17.6. The molecule has 0 amide bonds. The van der Waals surface area contributed by atoms with Crippen molar-refractivity contribution in [3.63, 3.8) is 0 Å². The Morgan fingerprint density at radius 2 is 1.08 bits per heavy atom. The molecule has 0 aliphatic rings. The topological polar surface area (TPSA) is 274 Å². The number of hydrogen-bond donors (Lipinski definition) is 9. The van der Waals surface area contributed by atoms with Crippen LogP contribution in [0.2, 0.25) is 0 Å². The predicted octanol–water partition coefficient (Wildman–Crippen LogP) is -0.277. The molecule has 0 heterocycles. The van der Waals surface area contributed by atoms with Crippen molar-refractivity contribution in [2.24, 2.45) is 22.9 Å². The molecule has 0 aliphatic heterocycles. The van der Waals surface area contributed by atoms with Crippen molar-refractivity contribution in [1.82, 2.24) is 0 Å². The Morgan fingerprint density at radius 1 is 0.711 bits per heavy atom. The normalized spacial score (nSPS) is 13.8. The van der Waals surface area contributed by atoms with E-state index in [9.17, 15) is 19.2 Å². The average Bonchev–Trinajstić information content (AvgIpc) is 2.86. The van der Waals surface area contributed by atoms with Gasteiger partial charge < -0.3 is 48.5 Å². The van der Waals surface area contributed by atoms with E-state index < -0.39 is 54.1 Å². The molecule has 0 radical (unpaired) electrons. The summed E-state index contributed by atoms with van der Waals surface area (Å²) >= 11 is 3.21. The van der Waals surface area contributed by atoms with Gasteiger partial charge in [0.1, 0.15) is 24.2 Å². The molecule has 5 atom stereocenters. The third-order valence-corrected chi connectivity index (χ3v) is 5.61. The van der Waals surface area contributed by atoms with Crippen molar-refractivity contribution < 1.29 is 44.7 Å². The number of thioether (sulfide) groups is 2. The van der Waals surface area contributed by atoms with Crippen molar-refractivity contribution in [1.29, 1.82) is 0 Å². The van der Waals surface area contributed by atoms with E-state index in [1.54, 1.807) is 23.5 Å². The standard InChI is InChI=1S/C9H11NO2.2C5H11NO2S.C4H9NO3/c10-8(9(11)12)6-7-4-2-1-3-5-7;2*1-9-3-2-4(6)5(7)8;1-2(6)3(5)4(7)8/h1-5,8H,6,10H2,(H,11,12);2*4H,2-3,6H2,1H3,(H,7,8);2-3,6H,5H2,1H3,(H,7,8). The summed E-state index contributed by atoms with van der Waals surface area (Å²) in [6.45, 7) is 1.33. The number of aliphatic hydroxyl groups is 1. The van der Waals surface area contributed by atoms with Crippen LogP contribution in [0.3, 0.4) is 0 Å². The van der Waals surface area contributed by atoms with Gasteiger partial charge in [-0.25, -0.2) is 0 Å². The third kappa shape index (κ3) is 25.3. The molecule has 15 heteroatoms. The lowest BCUT2D eigenvalue weighted by molar-refractivity contribution is -0.141. The number of carboxylic acid groups (broad SMARTS) is 4. The quantitative estimate of drug-likeness (QED) is 0.145. The predicted molar refractivity (Wildman–Crippen MR) is 150 cm³/mol. The number of hydrogen-bond acceptors (Lipinski definition) is 11. The fourth-order valence-corrected chi connectivity index (χ4v) is 2.88. The van der Waals surface area contributed by atoms with Gasteiger partial charge >= 0.3 is 23.9 Å². The first-order valence-electron chi connectivity index (χ1n) is 11.3. The first-order valence-corrected chi connectivity index (χ1v) is 14.0. The molecule has 0 aromatic heterocycles. The second kappa shape index (κ2) is 24.9. The number of aliphatic carboxylic acids is 4. The zero-order valence-electron chi connectivity index (χ0n) is 21.8. The van der Waals surface area contributed by atoms with Crippen molar-refractivity contribution in [3.05, 3.63) is 35.9 Å². The summed E-state index contributed by atoms with van der Waals surface area (Å²) in [5, 5.41) is 41.6. The van der Waals surface area contributed by atoms with Crippen LogP contribution in [0.1, 0.15) is 25.3 Å². The number of aliphatic hydroxyl groups excluding tert-OH is 1. The minimum atomic E-state index is -1.18. The summed E-state index contributed by atoms with van der Waals surface area (Å²) < 4.78 is 0. The van der Waals surface area contributed by atoms with E-state index in [2.05, 4.69) is 0 Å². The molecule has 0 spiro atoms. The highest BCUT2D eigenvalue weighted by atomic mass is 32.2. The molecular weight excluding hydrogens is 540 g/mol. The SMILES string of the molecule is CC(O)C(N)C(=O)O.CSCCC(N)C(=O)O.CSCCC(N)C(=O)O.NC(Cc1ccccc1)C(=O)O. The van der Waals surface area contributed by atoms with Crippen molar-refractivity contribution in [2.75, 3.05) is 24.0 Å². The van der Waals surface area contributed by atoms with Crippen LogP contribution in [0, 0.1) is 0 Å². The lowest BCUT2D eigenvalue weighted by atomic mass is 10.1. The van der Waals surface area contributed by atoms with Crippen LogP contribution < -0.4 is 22.9 Å². The molecule has 13 N–H and O–H groups in total. The average molecular weight is 583 g/mol. The highest BCUT2D eigenvalue weighted by Crippen LogP contribution is 2.01. The second-order valence-electron chi connectivity index (χ2n) is 7.69. The number of carboxylic acids is 4. The Bertz CT molecular complexity index is 765. The lowest BCUT2D eigenvalue weighted by Gasteiger charge is -2.06. The summed E-state index contributed by atoms with van der Waals surface area (Å²) in [7, 11) is 0. The van der Waals surface area contributed by atoms with Crippen LogP contribution in [0.15, 0.2) is 30.3 Å². The van der Waals surface area contributed by atoms with Gasteiger partial charge in [-0.2, -0.15) is 23.5 Å². The molecule has 0 aliphatic carbocycles. The molecule has 0 saturated heterocycles. The zero-order chi connectivity index (χ0) is 30.3. The minimum absolute atomic E-state index is 0.385. The molecular formula is C23H42N4O9S2. The number of benzene rings is 1. The second-order valence-corrected chi connectivity index (χ2v) is 9.66. The van der Waals surface area contributed by atoms with Gasteiger partial charge in [-0.05, 0) is 55.8 Å². The molecule has 13 nitrogen and oxygen atoms in total. The van der Waals surface area contributed by atoms with E-state index in [4.69, 9.17) is 48.5 Å². The number of carbonyl (C=O) groups is 4. The van der Waals surface area contributed by atoms with E-state index >= 15 is 0 Å². The molecule has 1 aromatic carbocycles. The van der Waals surface area contributed by atoms with Crippen molar-refractivity contribution in [2.45, 2.75) is 56.5 Å². The Kier molecular flexibility index (Phi) is 26.3. The fourth-order valence-electron chi connectivity index (χ4n) is 1.90. The molecule has 5 unspecified atom stereocenters. The molecule has 0 fully saturated rings. The van der Waals surface area contributed by atoms with Gasteiger partial charge in [0.05, 0.1) is 6.10 Å². The van der Waals surface area contributed by atoms with Crippen LogP contribution in [0.25, 0.3) is 0 Å². The number of rotatable bonds is 13. The Hall–Kier alpha value is -2.40. The Balaban J connectivity index is -0.000000436. The maximum Gasteiger partial charge on any atom is 0.323 e. The first kappa shape index (κ1) is 40.1. The van der Waals surface area contributed by atoms with Crippen LogP contribution in [0.4, 0.5) is 0 Å². The van der Waals surface area contributed by atoms with Crippen LogP contribution >= 0.6 is 23.5 Å². The van der Waals surface area contributed by atoms with Gasteiger partial charge in [0, 0.05) is 0 Å². The summed E-state index contributed by atoms with van der Waals surface area (Å²) in [4.78, 5) is 40.4. The lowest BCUT2D eigenvalue weighted by Crippen LogP contribution is -2.39. The molecule has 0 saturated carbocycles. The van der Waals surface area contributed by atoms with Crippen LogP contribution in [0.5, 0.6) is 0 Å². The summed E-state index contributed by atoms with van der Waals surface area (Å²) in [5.41, 5.74) is 21.6. The maximum atomic E-state index is 10.4. The van der Waals surface area contributed by atoms with Crippen molar-refractivity contribution in [3.8, 4) is 0 Å². The van der Waals surface area contributed by atoms with Gasteiger partial charge in [0.15, 0.2) is 0 Å². The monoisotopic (exact) mass is 582 g/mol. The van der Waals surface area contributed by atoms with E-state index in [0.717, 1.165) is 17.1 Å². The zero-order valence-corrected chi connectivity index (χ0v) is 23.4. The van der Waals surface area contributed by atoms with Crippen molar-refractivity contribution >= 4 is 47.4 Å². The summed E-state index contributed by atoms with van der Waals surface area (Å²) in [6.07, 6.45) is 4.36.